The van der Waals surface area contributed by atoms with Gasteiger partial charge in [0, 0.05) is 30.8 Å². The summed E-state index contributed by atoms with van der Waals surface area (Å²) >= 11 is 0. The average Bonchev–Trinajstić information content (AvgIpc) is 2.94. The number of hydrogen-bond acceptors (Lipinski definition) is 4. The second kappa shape index (κ2) is 6.74. The highest BCUT2D eigenvalue weighted by Crippen LogP contribution is 2.27. The summed E-state index contributed by atoms with van der Waals surface area (Å²) in [6.07, 6.45) is 7.87. The Kier molecular flexibility index (Phi) is 4.28. The van der Waals surface area contributed by atoms with Crippen LogP contribution in [0.3, 0.4) is 0 Å². The fourth-order valence-electron chi connectivity index (χ4n) is 3.39. The van der Waals surface area contributed by atoms with Gasteiger partial charge in [0.25, 0.3) is 5.91 Å². The third-order valence-corrected chi connectivity index (χ3v) is 4.87. The lowest BCUT2D eigenvalue weighted by molar-refractivity contribution is -0.116. The molecule has 1 fully saturated rings. The van der Waals surface area contributed by atoms with Gasteiger partial charge in [0.05, 0.1) is 12.2 Å². The number of anilines is 1. The number of carbonyl (C=O) groups is 2. The second-order valence-corrected chi connectivity index (χ2v) is 6.76. The Morgan fingerprint density at radius 1 is 1.31 bits per heavy atom. The molecule has 0 aliphatic carbocycles. The van der Waals surface area contributed by atoms with Gasteiger partial charge in [-0.1, -0.05) is 11.3 Å². The van der Waals surface area contributed by atoms with Crippen molar-refractivity contribution < 1.29 is 9.59 Å². The molecule has 1 N–H and O–H groups in total. The fraction of sp³-hybridized carbons (Fsp3) is 0.368. The fourth-order valence-corrected chi connectivity index (χ4v) is 3.39. The van der Waals surface area contributed by atoms with Crippen LogP contribution in [0, 0.1) is 0 Å². The van der Waals surface area contributed by atoms with E-state index in [1.165, 1.54) is 0 Å². The predicted octanol–water partition coefficient (Wildman–Crippen LogP) is 2.28. The topological polar surface area (TPSA) is 80.1 Å². The average molecular weight is 351 g/mol. The Morgan fingerprint density at radius 3 is 2.96 bits per heavy atom. The summed E-state index contributed by atoms with van der Waals surface area (Å²) in [6.45, 7) is 3.20. The first kappa shape index (κ1) is 16.5. The molecule has 134 valence electrons. The van der Waals surface area contributed by atoms with Crippen molar-refractivity contribution in [1.29, 1.82) is 0 Å². The summed E-state index contributed by atoms with van der Waals surface area (Å²) in [5.74, 6) is 0.0620. The lowest BCUT2D eigenvalue weighted by Gasteiger charge is -2.39. The first-order valence-corrected chi connectivity index (χ1v) is 8.90. The van der Waals surface area contributed by atoms with Crippen molar-refractivity contribution in [3.8, 4) is 0 Å². The van der Waals surface area contributed by atoms with Gasteiger partial charge in [0.15, 0.2) is 0 Å². The molecule has 0 radical (unpaired) electrons. The van der Waals surface area contributed by atoms with Crippen LogP contribution in [0.5, 0.6) is 0 Å². The molecular formula is C19H21N5O2. The number of hydrogen-bond donors (Lipinski definition) is 1. The normalized spacial score (nSPS) is 17.6. The summed E-state index contributed by atoms with van der Waals surface area (Å²) in [4.78, 5) is 26.2. The Hall–Kier alpha value is -2.96. The predicted molar refractivity (Wildman–Crippen MR) is 97.7 cm³/mol. The third kappa shape index (κ3) is 3.12. The van der Waals surface area contributed by atoms with Gasteiger partial charge in [-0.25, -0.2) is 4.68 Å². The van der Waals surface area contributed by atoms with Gasteiger partial charge in [-0.2, -0.15) is 0 Å². The molecular weight excluding hydrogens is 330 g/mol. The van der Waals surface area contributed by atoms with Crippen molar-refractivity contribution in [3.63, 3.8) is 0 Å². The standard InChI is InChI=1S/C19H21N5O2/c1-2-4-15-10-24(22-21-15)16-11-23(12-16)19(26)14-7-8-17-13(9-14)5-3-6-18(25)20-17/h2,4,7-10,16H,3,5-6,11-12H2,1H3,(H,20,25)/b4-2+. The molecule has 0 unspecified atom stereocenters. The number of nitrogens with one attached hydrogen (secondary N) is 1. The van der Waals surface area contributed by atoms with Gasteiger partial charge in [-0.05, 0) is 49.6 Å². The summed E-state index contributed by atoms with van der Waals surface area (Å²) < 4.78 is 1.83. The van der Waals surface area contributed by atoms with Gasteiger partial charge < -0.3 is 10.2 Å². The minimum Gasteiger partial charge on any atom is -0.334 e. The van der Waals surface area contributed by atoms with Crippen LogP contribution in [0.1, 0.15) is 47.4 Å². The van der Waals surface area contributed by atoms with Gasteiger partial charge in [-0.15, -0.1) is 5.10 Å². The zero-order chi connectivity index (χ0) is 18.1. The number of fused-ring (bicyclic) bond motifs is 1. The zero-order valence-corrected chi connectivity index (χ0v) is 14.7. The number of carbonyl (C=O) groups excluding carboxylic acids is 2. The largest absolute Gasteiger partial charge is 0.334 e. The zero-order valence-electron chi connectivity index (χ0n) is 14.7. The number of aryl methyl sites for hydroxylation is 1. The van der Waals surface area contributed by atoms with Crippen molar-refractivity contribution in [2.24, 2.45) is 0 Å². The van der Waals surface area contributed by atoms with E-state index in [0.29, 0.717) is 25.1 Å². The molecule has 0 saturated carbocycles. The van der Waals surface area contributed by atoms with E-state index in [9.17, 15) is 9.59 Å². The first-order valence-electron chi connectivity index (χ1n) is 8.90. The van der Waals surface area contributed by atoms with Crippen LogP contribution in [-0.4, -0.2) is 44.8 Å². The molecule has 1 aromatic carbocycles. The molecule has 2 aliphatic rings. The summed E-state index contributed by atoms with van der Waals surface area (Å²) in [6, 6.07) is 5.71. The highest BCUT2D eigenvalue weighted by molar-refractivity contribution is 5.97. The number of nitrogens with zero attached hydrogens (tertiary/aromatic N) is 4. The molecule has 0 atom stereocenters. The molecule has 1 aromatic heterocycles. The SMILES string of the molecule is C/C=C/c1cn(C2CN(C(=O)c3ccc4c(c3)CCCC(=O)N4)C2)nn1. The maximum absolute atomic E-state index is 12.7. The molecule has 2 amide bonds. The molecule has 4 rings (SSSR count). The molecule has 2 aromatic rings. The maximum atomic E-state index is 12.7. The van der Waals surface area contributed by atoms with Crippen LogP contribution >= 0.6 is 0 Å². The van der Waals surface area contributed by atoms with Crippen molar-refractivity contribution in [2.45, 2.75) is 32.2 Å². The Bertz CT molecular complexity index is 880. The Labute approximate surface area is 151 Å². The van der Waals surface area contributed by atoms with Gasteiger partial charge in [0.1, 0.15) is 5.69 Å². The van der Waals surface area contributed by atoms with E-state index >= 15 is 0 Å². The minimum absolute atomic E-state index is 0.0217. The smallest absolute Gasteiger partial charge is 0.254 e. The van der Waals surface area contributed by atoms with E-state index in [1.807, 2.05) is 47.0 Å². The van der Waals surface area contributed by atoms with E-state index in [0.717, 1.165) is 29.8 Å². The van der Waals surface area contributed by atoms with Gasteiger partial charge in [-0.3, -0.25) is 9.59 Å². The molecule has 3 heterocycles. The lowest BCUT2D eigenvalue weighted by atomic mass is 10.0. The number of amides is 2. The maximum Gasteiger partial charge on any atom is 0.254 e. The highest BCUT2D eigenvalue weighted by Gasteiger charge is 2.33. The van der Waals surface area contributed by atoms with Crippen LogP contribution in [0.25, 0.3) is 6.08 Å². The third-order valence-electron chi connectivity index (χ3n) is 4.87. The summed E-state index contributed by atoms with van der Waals surface area (Å²) in [5, 5.41) is 11.1. The number of benzene rings is 1. The van der Waals surface area contributed by atoms with E-state index in [4.69, 9.17) is 0 Å². The molecule has 26 heavy (non-hydrogen) atoms. The molecule has 2 aliphatic heterocycles. The second-order valence-electron chi connectivity index (χ2n) is 6.76. The van der Waals surface area contributed by atoms with Crippen molar-refractivity contribution in [2.75, 3.05) is 18.4 Å². The lowest BCUT2D eigenvalue weighted by Crippen LogP contribution is -2.50. The van der Waals surface area contributed by atoms with Gasteiger partial charge >= 0.3 is 0 Å². The van der Waals surface area contributed by atoms with E-state index in [-0.39, 0.29) is 17.9 Å². The van der Waals surface area contributed by atoms with E-state index in [1.54, 1.807) is 6.07 Å². The highest BCUT2D eigenvalue weighted by atomic mass is 16.2. The summed E-state index contributed by atoms with van der Waals surface area (Å²) in [7, 11) is 0. The van der Waals surface area contributed by atoms with Crippen LogP contribution in [0.2, 0.25) is 0 Å². The van der Waals surface area contributed by atoms with Crippen molar-refractivity contribution >= 4 is 23.6 Å². The van der Waals surface area contributed by atoms with Gasteiger partial charge in [0.2, 0.25) is 5.91 Å². The van der Waals surface area contributed by atoms with E-state index in [2.05, 4.69) is 15.6 Å². The molecule has 0 spiro atoms. The van der Waals surface area contributed by atoms with E-state index < -0.39 is 0 Å². The van der Waals surface area contributed by atoms with Crippen molar-refractivity contribution in [3.05, 3.63) is 47.3 Å². The minimum atomic E-state index is 0.0217. The number of rotatable bonds is 3. The quantitative estimate of drug-likeness (QED) is 0.920. The number of aromatic nitrogens is 3. The monoisotopic (exact) mass is 351 g/mol. The molecule has 1 saturated heterocycles. The summed E-state index contributed by atoms with van der Waals surface area (Å²) in [5.41, 5.74) is 3.35. The number of likely N-dealkylation sites (tertiary alicyclic amines) is 1. The van der Waals surface area contributed by atoms with Crippen LogP contribution < -0.4 is 5.32 Å². The van der Waals surface area contributed by atoms with Crippen LogP contribution in [0.4, 0.5) is 5.69 Å². The van der Waals surface area contributed by atoms with Crippen molar-refractivity contribution in [1.82, 2.24) is 19.9 Å². The Morgan fingerprint density at radius 2 is 2.15 bits per heavy atom. The van der Waals surface area contributed by atoms with Crippen LogP contribution in [-0.2, 0) is 11.2 Å². The molecule has 7 nitrogen and oxygen atoms in total. The molecule has 0 bridgehead atoms. The number of allylic oxidation sites excluding steroid dienone is 1. The first-order chi connectivity index (χ1) is 12.6. The Balaban J connectivity index is 1.43. The van der Waals surface area contributed by atoms with Crippen LogP contribution in [0.15, 0.2) is 30.5 Å². The molecule has 7 heteroatoms.